The second kappa shape index (κ2) is 4.58. The molecule has 2 N–H and O–H groups in total. The molecule has 5 nitrogen and oxygen atoms in total. The number of esters is 1. The minimum absolute atomic E-state index is 0.127. The molecule has 0 bridgehead atoms. The number of aromatic nitrogens is 2. The van der Waals surface area contributed by atoms with E-state index in [4.69, 9.17) is 16.3 Å². The minimum atomic E-state index is -0.631. The van der Waals surface area contributed by atoms with E-state index in [9.17, 15) is 9.18 Å². The lowest BCUT2D eigenvalue weighted by Crippen LogP contribution is -2.21. The second-order valence-electron chi connectivity index (χ2n) is 5.27. The maximum absolute atomic E-state index is 14.4. The lowest BCUT2D eigenvalue weighted by atomic mass is 9.81. The highest BCUT2D eigenvalue weighted by Gasteiger charge is 2.42. The van der Waals surface area contributed by atoms with Gasteiger partial charge in [-0.15, -0.1) is 0 Å². The largest absolute Gasteiger partial charge is 0.456 e. The molecule has 22 heavy (non-hydrogen) atoms. The van der Waals surface area contributed by atoms with Crippen molar-refractivity contribution in [3.8, 4) is 0 Å². The standard InChI is InChI=1S/C15H11ClFN3O2/c1-6-10-13(11-7(16)3-2-4-8(11)17)12-9(5-22-15(12)21)18-14(10)20-19-6/h2-4,13H,5H2,1H3,(H2,18,19,20)/t13-/m0/s1. The first-order valence-corrected chi connectivity index (χ1v) is 7.11. The number of aromatic amines is 1. The van der Waals surface area contributed by atoms with E-state index in [1.165, 1.54) is 12.1 Å². The third-order valence-corrected chi connectivity index (χ3v) is 4.35. The number of fused-ring (bicyclic) bond motifs is 1. The summed E-state index contributed by atoms with van der Waals surface area (Å²) < 4.78 is 19.5. The van der Waals surface area contributed by atoms with Gasteiger partial charge in [0.2, 0.25) is 0 Å². The van der Waals surface area contributed by atoms with Gasteiger partial charge in [-0.3, -0.25) is 5.10 Å². The van der Waals surface area contributed by atoms with Gasteiger partial charge in [-0.1, -0.05) is 17.7 Å². The van der Waals surface area contributed by atoms with Crippen molar-refractivity contribution >= 4 is 23.4 Å². The Morgan fingerprint density at radius 1 is 1.41 bits per heavy atom. The average Bonchev–Trinajstić information content (AvgIpc) is 3.03. The summed E-state index contributed by atoms with van der Waals surface area (Å²) in [6, 6.07) is 4.48. The number of halogens is 2. The number of hydrogen-bond donors (Lipinski definition) is 2. The molecule has 0 amide bonds. The third kappa shape index (κ3) is 1.70. The zero-order chi connectivity index (χ0) is 15.4. The molecule has 0 unspecified atom stereocenters. The van der Waals surface area contributed by atoms with Crippen molar-refractivity contribution in [3.05, 3.63) is 57.1 Å². The lowest BCUT2D eigenvalue weighted by molar-refractivity contribution is -0.136. The number of ether oxygens (including phenoxy) is 1. The van der Waals surface area contributed by atoms with E-state index >= 15 is 0 Å². The lowest BCUT2D eigenvalue weighted by Gasteiger charge is -2.25. The van der Waals surface area contributed by atoms with Crippen molar-refractivity contribution < 1.29 is 13.9 Å². The molecule has 1 atom stereocenters. The zero-order valence-corrected chi connectivity index (χ0v) is 12.3. The van der Waals surface area contributed by atoms with Crippen LogP contribution in [0.1, 0.15) is 22.7 Å². The molecule has 2 aromatic rings. The summed E-state index contributed by atoms with van der Waals surface area (Å²) in [5.74, 6) is -0.983. The van der Waals surface area contributed by atoms with E-state index < -0.39 is 17.7 Å². The highest BCUT2D eigenvalue weighted by molar-refractivity contribution is 6.31. The van der Waals surface area contributed by atoms with Gasteiger partial charge in [0, 0.05) is 21.8 Å². The molecule has 2 aliphatic rings. The molecule has 0 spiro atoms. The molecule has 0 saturated heterocycles. The molecule has 4 rings (SSSR count). The van der Waals surface area contributed by atoms with Crippen molar-refractivity contribution in [2.24, 2.45) is 0 Å². The number of hydrogen-bond acceptors (Lipinski definition) is 4. The van der Waals surface area contributed by atoms with Gasteiger partial charge in [0.15, 0.2) is 5.82 Å². The Morgan fingerprint density at radius 3 is 3.00 bits per heavy atom. The van der Waals surface area contributed by atoms with Crippen LogP contribution >= 0.6 is 11.6 Å². The Balaban J connectivity index is 2.02. The number of benzene rings is 1. The van der Waals surface area contributed by atoms with E-state index in [-0.39, 0.29) is 17.2 Å². The summed E-state index contributed by atoms with van der Waals surface area (Å²) in [5, 5.41) is 10.4. The number of cyclic esters (lactones) is 1. The van der Waals surface area contributed by atoms with E-state index in [2.05, 4.69) is 15.5 Å². The van der Waals surface area contributed by atoms with Gasteiger partial charge in [0.1, 0.15) is 12.4 Å². The first-order valence-electron chi connectivity index (χ1n) is 6.74. The summed E-state index contributed by atoms with van der Waals surface area (Å²) >= 11 is 6.22. The summed E-state index contributed by atoms with van der Waals surface area (Å²) in [7, 11) is 0. The maximum atomic E-state index is 14.4. The van der Waals surface area contributed by atoms with E-state index in [1.54, 1.807) is 6.07 Å². The third-order valence-electron chi connectivity index (χ3n) is 4.02. The number of carbonyl (C=O) groups excluding carboxylic acids is 1. The molecule has 0 radical (unpaired) electrons. The highest BCUT2D eigenvalue weighted by Crippen LogP contribution is 2.47. The van der Waals surface area contributed by atoms with E-state index in [0.717, 1.165) is 5.69 Å². The average molecular weight is 320 g/mol. The second-order valence-corrected chi connectivity index (χ2v) is 5.68. The number of nitrogens with zero attached hydrogens (tertiary/aromatic N) is 1. The molecule has 0 aliphatic carbocycles. The van der Waals surface area contributed by atoms with Crippen LogP contribution < -0.4 is 5.32 Å². The van der Waals surface area contributed by atoms with Gasteiger partial charge in [-0.2, -0.15) is 5.10 Å². The minimum Gasteiger partial charge on any atom is -0.456 e. The quantitative estimate of drug-likeness (QED) is 0.793. The van der Waals surface area contributed by atoms with Crippen molar-refractivity contribution in [2.45, 2.75) is 12.8 Å². The van der Waals surface area contributed by atoms with Gasteiger partial charge in [-0.05, 0) is 19.1 Å². The number of rotatable bonds is 1. The monoisotopic (exact) mass is 319 g/mol. The van der Waals surface area contributed by atoms with Gasteiger partial charge in [-0.25, -0.2) is 9.18 Å². The number of carbonyl (C=O) groups is 1. The molecule has 1 aromatic heterocycles. The van der Waals surface area contributed by atoms with Crippen LogP contribution in [0.15, 0.2) is 29.5 Å². The van der Waals surface area contributed by atoms with Gasteiger partial charge >= 0.3 is 5.97 Å². The van der Waals surface area contributed by atoms with Crippen LogP contribution in [0.2, 0.25) is 5.02 Å². The van der Waals surface area contributed by atoms with Gasteiger partial charge in [0.25, 0.3) is 0 Å². The van der Waals surface area contributed by atoms with Crippen molar-refractivity contribution in [2.75, 3.05) is 11.9 Å². The smallest absolute Gasteiger partial charge is 0.337 e. The van der Waals surface area contributed by atoms with E-state index in [0.29, 0.717) is 22.7 Å². The fourth-order valence-electron chi connectivity index (χ4n) is 3.06. The summed E-state index contributed by atoms with van der Waals surface area (Å²) in [6.45, 7) is 1.95. The Morgan fingerprint density at radius 2 is 2.23 bits per heavy atom. The number of H-pyrrole nitrogens is 1. The van der Waals surface area contributed by atoms with Crippen LogP contribution in [-0.4, -0.2) is 22.8 Å². The zero-order valence-electron chi connectivity index (χ0n) is 11.5. The van der Waals surface area contributed by atoms with Crippen LogP contribution in [0.4, 0.5) is 10.2 Å². The number of anilines is 1. The van der Waals surface area contributed by atoms with Crippen molar-refractivity contribution in [1.82, 2.24) is 10.2 Å². The van der Waals surface area contributed by atoms with Crippen LogP contribution in [0, 0.1) is 12.7 Å². The fourth-order valence-corrected chi connectivity index (χ4v) is 3.33. The normalized spacial score (nSPS) is 19.6. The predicted octanol–water partition coefficient (Wildman–Crippen LogP) is 2.88. The van der Waals surface area contributed by atoms with Crippen LogP contribution in [0.25, 0.3) is 0 Å². The molecular weight excluding hydrogens is 309 g/mol. The summed E-state index contributed by atoms with van der Waals surface area (Å²) in [5.41, 5.74) is 2.72. The van der Waals surface area contributed by atoms with Crippen LogP contribution in [-0.2, 0) is 9.53 Å². The fraction of sp³-hybridized carbons (Fsp3) is 0.200. The Labute approximate surface area is 130 Å². The highest BCUT2D eigenvalue weighted by atomic mass is 35.5. The summed E-state index contributed by atoms with van der Waals surface area (Å²) in [4.78, 5) is 12.1. The Bertz CT molecular complexity index is 823. The predicted molar refractivity (Wildman–Crippen MR) is 78.2 cm³/mol. The van der Waals surface area contributed by atoms with Gasteiger partial charge in [0.05, 0.1) is 17.2 Å². The molecule has 0 fully saturated rings. The summed E-state index contributed by atoms with van der Waals surface area (Å²) in [6.07, 6.45) is 0. The number of aryl methyl sites for hydroxylation is 1. The first kappa shape index (κ1) is 13.3. The molecular formula is C15H11ClFN3O2. The molecule has 3 heterocycles. The molecule has 1 aromatic carbocycles. The van der Waals surface area contributed by atoms with Crippen molar-refractivity contribution in [1.29, 1.82) is 0 Å². The number of nitrogens with one attached hydrogen (secondary N) is 2. The van der Waals surface area contributed by atoms with Crippen molar-refractivity contribution in [3.63, 3.8) is 0 Å². The van der Waals surface area contributed by atoms with E-state index in [1.807, 2.05) is 6.92 Å². The molecule has 7 heteroatoms. The maximum Gasteiger partial charge on any atom is 0.337 e. The molecule has 2 aliphatic heterocycles. The molecule has 0 saturated carbocycles. The topological polar surface area (TPSA) is 67.0 Å². The Kier molecular flexibility index (Phi) is 2.77. The SMILES string of the molecule is Cc1[nH]nc2c1[C@@H](c1c(F)cccc1Cl)C1=C(COC1=O)N2. The Hall–Kier alpha value is -2.34. The molecule has 112 valence electrons. The van der Waals surface area contributed by atoms with Crippen LogP contribution in [0.5, 0.6) is 0 Å². The van der Waals surface area contributed by atoms with Crippen LogP contribution in [0.3, 0.4) is 0 Å². The van der Waals surface area contributed by atoms with Gasteiger partial charge < -0.3 is 10.1 Å². The first-order chi connectivity index (χ1) is 10.6.